The maximum Gasteiger partial charge on any atom is 0.297 e. The third-order valence-electron chi connectivity index (χ3n) is 3.13. The molecule has 1 aromatic carbocycles. The number of hydrogen-bond acceptors (Lipinski definition) is 5. The molecule has 1 aromatic heterocycles. The van der Waals surface area contributed by atoms with E-state index < -0.39 is 4.92 Å². The fourth-order valence-electron chi connectivity index (χ4n) is 2.22. The highest BCUT2D eigenvalue weighted by atomic mass is 16.6. The molecule has 7 nitrogen and oxygen atoms in total. The minimum absolute atomic E-state index is 0.0260. The van der Waals surface area contributed by atoms with Crippen LogP contribution in [0.15, 0.2) is 24.5 Å². The largest absolute Gasteiger partial charge is 0.486 e. The lowest BCUT2D eigenvalue weighted by atomic mass is 10.2. The Hall–Kier alpha value is -2.57. The second-order valence-corrected chi connectivity index (χ2v) is 4.31. The van der Waals surface area contributed by atoms with Gasteiger partial charge in [-0.05, 0) is 0 Å². The van der Waals surface area contributed by atoms with Gasteiger partial charge >= 0.3 is 0 Å². The van der Waals surface area contributed by atoms with Crippen molar-refractivity contribution in [1.82, 2.24) is 9.55 Å². The number of benzene rings is 1. The molecule has 0 fully saturated rings. The van der Waals surface area contributed by atoms with Gasteiger partial charge in [0.1, 0.15) is 24.7 Å². The summed E-state index contributed by atoms with van der Waals surface area (Å²) < 4.78 is 12.6. The molecule has 1 aliphatic rings. The Kier molecular flexibility index (Phi) is 3.02. The zero-order valence-electron chi connectivity index (χ0n) is 10.9. The van der Waals surface area contributed by atoms with Crippen molar-refractivity contribution in [2.45, 2.75) is 13.3 Å². The van der Waals surface area contributed by atoms with Crippen LogP contribution in [0.5, 0.6) is 11.5 Å². The Morgan fingerprint density at radius 2 is 2.05 bits per heavy atom. The van der Waals surface area contributed by atoms with Gasteiger partial charge in [-0.25, -0.2) is 4.98 Å². The summed E-state index contributed by atoms with van der Waals surface area (Å²) in [6.45, 7) is 2.78. The molecule has 0 N–H and O–H groups in total. The lowest BCUT2D eigenvalue weighted by molar-refractivity contribution is -0.384. The highest BCUT2D eigenvalue weighted by Gasteiger charge is 2.24. The number of nitro benzene ring substituents is 1. The van der Waals surface area contributed by atoms with Crippen LogP contribution in [0, 0.1) is 10.1 Å². The zero-order chi connectivity index (χ0) is 14.1. The highest BCUT2D eigenvalue weighted by Crippen LogP contribution is 2.38. The number of fused-ring (bicyclic) bond motifs is 1. The van der Waals surface area contributed by atoms with Crippen LogP contribution in [0.4, 0.5) is 5.69 Å². The number of aryl methyl sites for hydroxylation is 1. The summed E-state index contributed by atoms with van der Waals surface area (Å²) in [7, 11) is 0. The molecule has 20 heavy (non-hydrogen) atoms. The quantitative estimate of drug-likeness (QED) is 0.633. The van der Waals surface area contributed by atoms with Gasteiger partial charge in [0.05, 0.1) is 11.0 Å². The van der Waals surface area contributed by atoms with Gasteiger partial charge in [-0.2, -0.15) is 0 Å². The number of rotatable bonds is 3. The van der Waals surface area contributed by atoms with Crippen LogP contribution in [0.25, 0.3) is 5.69 Å². The van der Waals surface area contributed by atoms with E-state index in [2.05, 4.69) is 4.98 Å². The number of hydrogen-bond donors (Lipinski definition) is 0. The zero-order valence-corrected chi connectivity index (χ0v) is 10.9. The van der Waals surface area contributed by atoms with E-state index in [0.29, 0.717) is 36.8 Å². The van der Waals surface area contributed by atoms with Crippen LogP contribution in [0.3, 0.4) is 0 Å². The molecule has 0 amide bonds. The molecule has 0 saturated heterocycles. The first-order valence-corrected chi connectivity index (χ1v) is 6.31. The molecular formula is C13H13N3O4. The fourth-order valence-corrected chi connectivity index (χ4v) is 2.22. The van der Waals surface area contributed by atoms with Crippen molar-refractivity contribution in [3.63, 3.8) is 0 Å². The van der Waals surface area contributed by atoms with Crippen LogP contribution >= 0.6 is 0 Å². The second kappa shape index (κ2) is 4.84. The Bertz CT molecular complexity index is 666. The monoisotopic (exact) mass is 275 g/mol. The van der Waals surface area contributed by atoms with Gasteiger partial charge in [-0.3, -0.25) is 14.7 Å². The smallest absolute Gasteiger partial charge is 0.297 e. The van der Waals surface area contributed by atoms with Crippen LogP contribution in [0.2, 0.25) is 0 Å². The number of nitrogens with zero attached hydrogens (tertiary/aromatic N) is 3. The molecule has 0 spiro atoms. The minimum Gasteiger partial charge on any atom is -0.486 e. The average Bonchev–Trinajstić information content (AvgIpc) is 2.94. The molecule has 3 rings (SSSR count). The SMILES string of the molecule is CCc1nccn1-c1cc2c(cc1[N+](=O)[O-])OCCO2. The third kappa shape index (κ3) is 1.97. The fraction of sp³-hybridized carbons (Fsp3) is 0.308. The van der Waals surface area contributed by atoms with Crippen molar-refractivity contribution >= 4 is 5.69 Å². The molecule has 0 radical (unpaired) electrons. The summed E-state index contributed by atoms with van der Waals surface area (Å²) >= 11 is 0. The molecule has 0 bridgehead atoms. The van der Waals surface area contributed by atoms with Crippen LogP contribution < -0.4 is 9.47 Å². The van der Waals surface area contributed by atoms with Crippen LogP contribution in [-0.2, 0) is 6.42 Å². The summed E-state index contributed by atoms with van der Waals surface area (Å²) in [5.74, 6) is 1.68. The van der Waals surface area contributed by atoms with E-state index in [9.17, 15) is 10.1 Å². The van der Waals surface area contributed by atoms with Crippen molar-refractivity contribution in [2.75, 3.05) is 13.2 Å². The first kappa shape index (κ1) is 12.5. The van der Waals surface area contributed by atoms with E-state index in [1.807, 2.05) is 6.92 Å². The predicted molar refractivity (Wildman–Crippen MR) is 70.6 cm³/mol. The van der Waals surface area contributed by atoms with Gasteiger partial charge < -0.3 is 9.47 Å². The summed E-state index contributed by atoms with van der Waals surface area (Å²) in [4.78, 5) is 15.0. The summed E-state index contributed by atoms with van der Waals surface area (Å²) in [6, 6.07) is 3.04. The van der Waals surface area contributed by atoms with Gasteiger partial charge in [-0.15, -0.1) is 0 Å². The molecule has 7 heteroatoms. The first-order chi connectivity index (χ1) is 9.70. The summed E-state index contributed by atoms with van der Waals surface area (Å²) in [5.41, 5.74) is 0.413. The Balaban J connectivity index is 2.20. The molecule has 1 aliphatic heterocycles. The van der Waals surface area contributed by atoms with Crippen molar-refractivity contribution in [1.29, 1.82) is 0 Å². The lowest BCUT2D eigenvalue weighted by Gasteiger charge is -2.19. The third-order valence-corrected chi connectivity index (χ3v) is 3.13. The van der Waals surface area contributed by atoms with E-state index in [-0.39, 0.29) is 5.69 Å². The van der Waals surface area contributed by atoms with E-state index in [1.165, 1.54) is 6.07 Å². The molecule has 104 valence electrons. The van der Waals surface area contributed by atoms with Crippen molar-refractivity contribution < 1.29 is 14.4 Å². The standard InChI is InChI=1S/C13H13N3O4/c1-2-13-14-3-4-15(13)9-7-11-12(20-6-5-19-11)8-10(9)16(17)18/h3-4,7-8H,2,5-6H2,1H3. The maximum absolute atomic E-state index is 11.3. The van der Waals surface area contributed by atoms with Gasteiger partial charge in [-0.1, -0.05) is 6.92 Å². The van der Waals surface area contributed by atoms with Gasteiger partial charge in [0.25, 0.3) is 5.69 Å². The molecular weight excluding hydrogens is 262 g/mol. The molecule has 2 heterocycles. The first-order valence-electron chi connectivity index (χ1n) is 6.31. The van der Waals surface area contributed by atoms with Gasteiger partial charge in [0.2, 0.25) is 0 Å². The molecule has 2 aromatic rings. The van der Waals surface area contributed by atoms with Gasteiger partial charge in [0, 0.05) is 24.9 Å². The Morgan fingerprint density at radius 3 is 2.70 bits per heavy atom. The second-order valence-electron chi connectivity index (χ2n) is 4.31. The van der Waals surface area contributed by atoms with Crippen molar-refractivity contribution in [3.05, 3.63) is 40.5 Å². The molecule has 0 saturated carbocycles. The molecule has 0 unspecified atom stereocenters. The minimum atomic E-state index is -0.424. The number of imidazole rings is 1. The summed E-state index contributed by atoms with van der Waals surface area (Å²) in [5, 5.41) is 11.3. The summed E-state index contributed by atoms with van der Waals surface area (Å²) in [6.07, 6.45) is 4.01. The Morgan fingerprint density at radius 1 is 1.35 bits per heavy atom. The Labute approximate surface area is 114 Å². The van der Waals surface area contributed by atoms with E-state index in [1.54, 1.807) is 23.0 Å². The van der Waals surface area contributed by atoms with E-state index in [0.717, 1.165) is 5.82 Å². The normalized spacial score (nSPS) is 13.2. The van der Waals surface area contributed by atoms with E-state index >= 15 is 0 Å². The van der Waals surface area contributed by atoms with Crippen molar-refractivity contribution in [2.24, 2.45) is 0 Å². The molecule has 0 aliphatic carbocycles. The lowest BCUT2D eigenvalue weighted by Crippen LogP contribution is -2.16. The van der Waals surface area contributed by atoms with E-state index in [4.69, 9.17) is 9.47 Å². The number of ether oxygens (including phenoxy) is 2. The maximum atomic E-state index is 11.3. The predicted octanol–water partition coefficient (Wildman–Crippen LogP) is 2.11. The van der Waals surface area contributed by atoms with Gasteiger partial charge in [0.15, 0.2) is 11.5 Å². The molecule has 0 atom stereocenters. The highest BCUT2D eigenvalue weighted by molar-refractivity contribution is 5.62. The topological polar surface area (TPSA) is 79.4 Å². The van der Waals surface area contributed by atoms with Crippen LogP contribution in [0.1, 0.15) is 12.7 Å². The average molecular weight is 275 g/mol. The van der Waals surface area contributed by atoms with Crippen molar-refractivity contribution in [3.8, 4) is 17.2 Å². The number of aromatic nitrogens is 2. The number of nitro groups is 1. The van der Waals surface area contributed by atoms with Crippen LogP contribution in [-0.4, -0.2) is 27.7 Å².